The fraction of sp³-hybridized carbons (Fsp3) is 0.250. The van der Waals surface area contributed by atoms with Gasteiger partial charge in [-0.25, -0.2) is 14.2 Å². The molecule has 8 nitrogen and oxygen atoms in total. The lowest BCUT2D eigenvalue weighted by Gasteiger charge is -2.11. The maximum absolute atomic E-state index is 14.2. The molecule has 1 aliphatic carbocycles. The first kappa shape index (κ1) is 20.9. The number of carbonyl (C=O) groups is 1. The largest absolute Gasteiger partial charge is 0.366 e. The summed E-state index contributed by atoms with van der Waals surface area (Å²) in [5.74, 6) is -0.165. The molecule has 2 aromatic carbocycles. The Bertz CT molecular complexity index is 1500. The van der Waals surface area contributed by atoms with Crippen LogP contribution in [0.3, 0.4) is 0 Å². The van der Waals surface area contributed by atoms with Crippen LogP contribution in [0.5, 0.6) is 0 Å². The molecule has 0 atom stereocenters. The third-order valence-electron chi connectivity index (χ3n) is 5.92. The molecule has 3 N–H and O–H groups in total. The molecule has 0 spiro atoms. The molecule has 5 rings (SSSR count). The summed E-state index contributed by atoms with van der Waals surface area (Å²) in [4.78, 5) is 45.6. The van der Waals surface area contributed by atoms with E-state index in [1.165, 1.54) is 10.6 Å². The van der Waals surface area contributed by atoms with Crippen molar-refractivity contribution in [3.8, 4) is 0 Å². The number of halogens is 1. The van der Waals surface area contributed by atoms with E-state index in [1.807, 2.05) is 6.07 Å². The summed E-state index contributed by atoms with van der Waals surface area (Å²) in [5, 5.41) is 0. The number of benzene rings is 2. The second-order valence-corrected chi connectivity index (χ2v) is 8.44. The Hall–Kier alpha value is -4.01. The summed E-state index contributed by atoms with van der Waals surface area (Å²) in [7, 11) is 0. The van der Waals surface area contributed by atoms with Gasteiger partial charge < -0.3 is 10.7 Å². The Kier molecular flexibility index (Phi) is 5.16. The third-order valence-corrected chi connectivity index (χ3v) is 5.92. The topological polar surface area (TPSA) is 116 Å². The molecule has 1 fully saturated rings. The normalized spacial score (nSPS) is 13.5. The Labute approximate surface area is 187 Å². The summed E-state index contributed by atoms with van der Waals surface area (Å²) in [5.41, 5.74) is 6.23. The van der Waals surface area contributed by atoms with Gasteiger partial charge in [0.15, 0.2) is 5.65 Å². The molecule has 0 aliphatic heterocycles. The first-order valence-corrected chi connectivity index (χ1v) is 10.7. The van der Waals surface area contributed by atoms with Crippen LogP contribution >= 0.6 is 0 Å². The number of aromatic nitrogens is 4. The Balaban J connectivity index is 1.61. The highest BCUT2D eigenvalue weighted by Gasteiger charge is 2.26. The van der Waals surface area contributed by atoms with Crippen molar-refractivity contribution in [3.05, 3.63) is 97.7 Å². The minimum Gasteiger partial charge on any atom is -0.366 e. The Morgan fingerprint density at radius 1 is 1.12 bits per heavy atom. The van der Waals surface area contributed by atoms with Gasteiger partial charge in [0.05, 0.1) is 6.54 Å². The van der Waals surface area contributed by atoms with Gasteiger partial charge in [0.25, 0.3) is 5.56 Å². The predicted octanol–water partition coefficient (Wildman–Crippen LogP) is 2.17. The summed E-state index contributed by atoms with van der Waals surface area (Å²) in [6, 6.07) is 12.9. The van der Waals surface area contributed by atoms with Crippen LogP contribution in [0.4, 0.5) is 4.39 Å². The molecule has 0 unspecified atom stereocenters. The summed E-state index contributed by atoms with van der Waals surface area (Å²) in [6.45, 7) is 0.286. The standard InChI is InChI=1S/C24H22FN5O3/c25-18-7-2-1-5-17(18)13-30-23(32)20-22(29(24(30)33)12-14-8-9-14)28-19(27-20)11-15-4-3-6-16(10-15)21(26)31/h1-7,10,14H,8-9,11-13H2,(H2,26,31)(H,27,28). The lowest BCUT2D eigenvalue weighted by molar-refractivity contribution is 0.1000. The lowest BCUT2D eigenvalue weighted by atomic mass is 10.1. The van der Waals surface area contributed by atoms with Crippen LogP contribution in [-0.4, -0.2) is 25.0 Å². The summed E-state index contributed by atoms with van der Waals surface area (Å²) >= 11 is 0. The van der Waals surface area contributed by atoms with E-state index in [9.17, 15) is 18.8 Å². The van der Waals surface area contributed by atoms with Crippen LogP contribution < -0.4 is 17.0 Å². The average molecular weight is 447 g/mol. The van der Waals surface area contributed by atoms with E-state index in [-0.39, 0.29) is 17.6 Å². The van der Waals surface area contributed by atoms with E-state index in [2.05, 4.69) is 9.97 Å². The number of hydrogen-bond acceptors (Lipinski definition) is 4. The number of fused-ring (bicyclic) bond motifs is 1. The van der Waals surface area contributed by atoms with Crippen molar-refractivity contribution in [1.82, 2.24) is 19.1 Å². The van der Waals surface area contributed by atoms with Gasteiger partial charge in [-0.1, -0.05) is 30.3 Å². The van der Waals surface area contributed by atoms with Crippen molar-refractivity contribution in [2.24, 2.45) is 11.7 Å². The number of H-pyrrole nitrogens is 1. The van der Waals surface area contributed by atoms with Gasteiger partial charge in [-0.15, -0.1) is 0 Å². The molecule has 9 heteroatoms. The zero-order chi connectivity index (χ0) is 23.1. The van der Waals surface area contributed by atoms with Crippen LogP contribution in [0.15, 0.2) is 58.1 Å². The van der Waals surface area contributed by atoms with Crippen molar-refractivity contribution < 1.29 is 9.18 Å². The number of nitrogens with two attached hydrogens (primary N) is 1. The van der Waals surface area contributed by atoms with E-state index in [1.54, 1.807) is 36.4 Å². The maximum Gasteiger partial charge on any atom is 0.333 e. The number of rotatable bonds is 7. The van der Waals surface area contributed by atoms with Gasteiger partial charge >= 0.3 is 5.69 Å². The smallest absolute Gasteiger partial charge is 0.333 e. The monoisotopic (exact) mass is 447 g/mol. The van der Waals surface area contributed by atoms with Gasteiger partial charge in [-0.3, -0.25) is 18.7 Å². The van der Waals surface area contributed by atoms with E-state index in [0.717, 1.165) is 23.0 Å². The Morgan fingerprint density at radius 3 is 2.64 bits per heavy atom. The van der Waals surface area contributed by atoms with Gasteiger partial charge in [0, 0.05) is 24.1 Å². The fourth-order valence-electron chi connectivity index (χ4n) is 3.99. The number of aromatic amines is 1. The minimum absolute atomic E-state index is 0.167. The zero-order valence-corrected chi connectivity index (χ0v) is 17.8. The first-order chi connectivity index (χ1) is 15.9. The summed E-state index contributed by atoms with van der Waals surface area (Å²) < 4.78 is 16.8. The number of amides is 1. The highest BCUT2D eigenvalue weighted by Crippen LogP contribution is 2.30. The van der Waals surface area contributed by atoms with Gasteiger partial charge in [0.2, 0.25) is 5.91 Å². The molecular weight excluding hydrogens is 425 g/mol. The number of carbonyl (C=O) groups excluding carboxylic acids is 1. The highest BCUT2D eigenvalue weighted by atomic mass is 19.1. The third kappa shape index (κ3) is 4.09. The van der Waals surface area contributed by atoms with Crippen molar-refractivity contribution in [1.29, 1.82) is 0 Å². The minimum atomic E-state index is -0.546. The zero-order valence-electron chi connectivity index (χ0n) is 17.8. The molecule has 4 aromatic rings. The molecule has 33 heavy (non-hydrogen) atoms. The van der Waals surface area contributed by atoms with Crippen LogP contribution in [0.25, 0.3) is 11.2 Å². The van der Waals surface area contributed by atoms with Crippen LogP contribution in [0.2, 0.25) is 0 Å². The van der Waals surface area contributed by atoms with Crippen LogP contribution in [-0.2, 0) is 19.5 Å². The van der Waals surface area contributed by atoms with Crippen molar-refractivity contribution in [2.45, 2.75) is 32.4 Å². The number of imidazole rings is 1. The molecule has 1 aliphatic rings. The predicted molar refractivity (Wildman–Crippen MR) is 121 cm³/mol. The molecule has 168 valence electrons. The lowest BCUT2D eigenvalue weighted by Crippen LogP contribution is -2.40. The van der Waals surface area contributed by atoms with Gasteiger partial charge in [0.1, 0.15) is 17.2 Å². The van der Waals surface area contributed by atoms with Crippen LogP contribution in [0.1, 0.15) is 40.2 Å². The quantitative estimate of drug-likeness (QED) is 0.452. The molecule has 0 bridgehead atoms. The SMILES string of the molecule is NC(=O)c1cccc(Cc2nc3c([nH]2)c(=O)n(Cc2ccccc2F)c(=O)n3CC2CC2)c1. The highest BCUT2D eigenvalue weighted by molar-refractivity contribution is 5.92. The summed E-state index contributed by atoms with van der Waals surface area (Å²) in [6.07, 6.45) is 2.34. The molecule has 0 radical (unpaired) electrons. The first-order valence-electron chi connectivity index (χ1n) is 10.7. The molecule has 1 amide bonds. The van der Waals surface area contributed by atoms with Gasteiger partial charge in [-0.2, -0.15) is 0 Å². The van der Waals surface area contributed by atoms with E-state index < -0.39 is 23.0 Å². The number of nitrogens with one attached hydrogen (secondary N) is 1. The molecular formula is C24H22FN5O3. The molecule has 1 saturated carbocycles. The van der Waals surface area contributed by atoms with Crippen molar-refractivity contribution in [2.75, 3.05) is 0 Å². The number of primary amides is 1. The number of nitrogens with zero attached hydrogens (tertiary/aromatic N) is 3. The molecule has 2 heterocycles. The van der Waals surface area contributed by atoms with Crippen LogP contribution in [0, 0.1) is 11.7 Å². The van der Waals surface area contributed by atoms with Gasteiger partial charge in [-0.05, 0) is 42.5 Å². The maximum atomic E-state index is 14.2. The molecule has 2 aromatic heterocycles. The molecule has 0 saturated heterocycles. The van der Waals surface area contributed by atoms with E-state index >= 15 is 0 Å². The van der Waals surface area contributed by atoms with Crippen molar-refractivity contribution in [3.63, 3.8) is 0 Å². The Morgan fingerprint density at radius 2 is 1.91 bits per heavy atom. The van der Waals surface area contributed by atoms with E-state index in [4.69, 9.17) is 5.73 Å². The fourth-order valence-corrected chi connectivity index (χ4v) is 3.99. The van der Waals surface area contributed by atoms with E-state index in [0.29, 0.717) is 35.9 Å². The van der Waals surface area contributed by atoms with Crippen molar-refractivity contribution >= 4 is 17.1 Å². The average Bonchev–Trinajstić information content (AvgIpc) is 3.53. The second-order valence-electron chi connectivity index (χ2n) is 8.44. The second kappa shape index (κ2) is 8.16. The number of hydrogen-bond donors (Lipinski definition) is 2.